The molecule has 0 aliphatic carbocycles. The first-order chi connectivity index (χ1) is 8.16. The Kier molecular flexibility index (Phi) is 2.95. The Morgan fingerprint density at radius 1 is 1.59 bits per heavy atom. The highest BCUT2D eigenvalue weighted by molar-refractivity contribution is 5.44. The number of hydrogen-bond donors (Lipinski definition) is 1. The summed E-state index contributed by atoms with van der Waals surface area (Å²) in [4.78, 5) is 14.1. The normalized spacial score (nSPS) is 10.2. The van der Waals surface area contributed by atoms with E-state index in [1.54, 1.807) is 10.9 Å². The smallest absolute Gasteiger partial charge is 0.274 e. The van der Waals surface area contributed by atoms with Gasteiger partial charge in [-0.05, 0) is 0 Å². The van der Waals surface area contributed by atoms with Gasteiger partial charge in [-0.15, -0.1) is 10.2 Å². The molecule has 0 saturated carbocycles. The highest BCUT2D eigenvalue weighted by Gasteiger charge is 2.07. The molecule has 2 heterocycles. The Hall–Kier alpha value is -2.51. The monoisotopic (exact) mass is 234 g/mol. The lowest BCUT2D eigenvalue weighted by Crippen LogP contribution is -2.06. The van der Waals surface area contributed by atoms with E-state index in [0.717, 1.165) is 5.82 Å². The molecule has 0 radical (unpaired) electrons. The van der Waals surface area contributed by atoms with E-state index in [4.69, 9.17) is 0 Å². The molecule has 0 aromatic carbocycles. The molecule has 0 amide bonds. The summed E-state index contributed by atoms with van der Waals surface area (Å²) >= 11 is 0. The first-order valence-electron chi connectivity index (χ1n) is 4.84. The molecule has 0 fully saturated rings. The van der Waals surface area contributed by atoms with Crippen LogP contribution in [0.4, 0.5) is 11.5 Å². The third-order valence-electron chi connectivity index (χ3n) is 2.19. The first kappa shape index (κ1) is 11.0. The molecule has 0 aliphatic rings. The van der Waals surface area contributed by atoms with Gasteiger partial charge in [0.25, 0.3) is 5.69 Å². The Labute approximate surface area is 96.5 Å². The zero-order chi connectivity index (χ0) is 12.3. The quantitative estimate of drug-likeness (QED) is 0.618. The minimum atomic E-state index is -0.463. The summed E-state index contributed by atoms with van der Waals surface area (Å²) in [5.74, 6) is 1.15. The van der Waals surface area contributed by atoms with Crippen LogP contribution in [-0.2, 0) is 13.6 Å². The fourth-order valence-electron chi connectivity index (χ4n) is 1.27. The van der Waals surface area contributed by atoms with Gasteiger partial charge in [0.05, 0.1) is 17.5 Å². The molecule has 8 heteroatoms. The summed E-state index contributed by atoms with van der Waals surface area (Å²) in [6.45, 7) is 0.407. The maximum atomic E-state index is 10.6. The van der Waals surface area contributed by atoms with Gasteiger partial charge in [-0.3, -0.25) is 10.1 Å². The number of aromatic nitrogens is 4. The van der Waals surface area contributed by atoms with E-state index in [1.165, 1.54) is 18.3 Å². The minimum Gasteiger partial charge on any atom is -0.363 e. The van der Waals surface area contributed by atoms with E-state index in [0.29, 0.717) is 12.4 Å². The van der Waals surface area contributed by atoms with Crippen LogP contribution in [0.1, 0.15) is 5.82 Å². The summed E-state index contributed by atoms with van der Waals surface area (Å²) in [7, 11) is 1.82. The SMILES string of the molecule is Cn1cnnc1CNc1cc([N+](=O)[O-])ccn1. The molecular weight excluding hydrogens is 224 g/mol. The number of nitro groups is 1. The number of anilines is 1. The Morgan fingerprint density at radius 3 is 3.06 bits per heavy atom. The first-order valence-corrected chi connectivity index (χ1v) is 4.84. The van der Waals surface area contributed by atoms with Crippen molar-refractivity contribution < 1.29 is 4.92 Å². The van der Waals surface area contributed by atoms with Crippen molar-refractivity contribution >= 4 is 11.5 Å². The molecule has 8 nitrogen and oxygen atoms in total. The van der Waals surface area contributed by atoms with Gasteiger partial charge in [-0.2, -0.15) is 0 Å². The lowest BCUT2D eigenvalue weighted by molar-refractivity contribution is -0.384. The third-order valence-corrected chi connectivity index (χ3v) is 2.19. The van der Waals surface area contributed by atoms with Gasteiger partial charge in [-0.25, -0.2) is 4.98 Å². The molecular formula is C9H10N6O2. The molecule has 0 spiro atoms. The second-order valence-corrected chi connectivity index (χ2v) is 3.37. The third kappa shape index (κ3) is 2.54. The van der Waals surface area contributed by atoms with Gasteiger partial charge in [-0.1, -0.05) is 0 Å². The van der Waals surface area contributed by atoms with E-state index >= 15 is 0 Å². The molecule has 2 aromatic heterocycles. The van der Waals surface area contributed by atoms with Crippen LogP contribution >= 0.6 is 0 Å². The number of nitrogens with one attached hydrogen (secondary N) is 1. The highest BCUT2D eigenvalue weighted by atomic mass is 16.6. The van der Waals surface area contributed by atoms with Crippen molar-refractivity contribution in [2.45, 2.75) is 6.54 Å². The molecule has 0 atom stereocenters. The summed E-state index contributed by atoms with van der Waals surface area (Å²) in [6, 6.07) is 2.71. The lowest BCUT2D eigenvalue weighted by Gasteiger charge is -2.04. The van der Waals surface area contributed by atoms with E-state index in [9.17, 15) is 10.1 Å². The van der Waals surface area contributed by atoms with Crippen LogP contribution in [-0.4, -0.2) is 24.7 Å². The van der Waals surface area contributed by atoms with Crippen molar-refractivity contribution in [2.75, 3.05) is 5.32 Å². The van der Waals surface area contributed by atoms with Crippen molar-refractivity contribution in [3.63, 3.8) is 0 Å². The maximum Gasteiger partial charge on any atom is 0.274 e. The maximum absolute atomic E-state index is 10.6. The predicted molar refractivity (Wildman–Crippen MR) is 59.2 cm³/mol. The Balaban J connectivity index is 2.07. The Morgan fingerprint density at radius 2 is 2.41 bits per heavy atom. The van der Waals surface area contributed by atoms with Crippen molar-refractivity contribution in [3.8, 4) is 0 Å². The molecule has 88 valence electrons. The van der Waals surface area contributed by atoms with Crippen molar-refractivity contribution in [1.82, 2.24) is 19.7 Å². The summed E-state index contributed by atoms with van der Waals surface area (Å²) < 4.78 is 1.75. The molecule has 0 saturated heterocycles. The highest BCUT2D eigenvalue weighted by Crippen LogP contribution is 2.14. The number of pyridine rings is 1. The minimum absolute atomic E-state index is 0.000431. The zero-order valence-corrected chi connectivity index (χ0v) is 9.07. The largest absolute Gasteiger partial charge is 0.363 e. The molecule has 2 rings (SSSR count). The summed E-state index contributed by atoms with van der Waals surface area (Å²) in [5, 5.41) is 21.1. The number of nitrogens with zero attached hydrogens (tertiary/aromatic N) is 5. The second kappa shape index (κ2) is 4.56. The fourth-order valence-corrected chi connectivity index (χ4v) is 1.27. The van der Waals surface area contributed by atoms with Crippen LogP contribution in [0.3, 0.4) is 0 Å². The fraction of sp³-hybridized carbons (Fsp3) is 0.222. The topological polar surface area (TPSA) is 98.8 Å². The van der Waals surface area contributed by atoms with Crippen molar-refractivity contribution in [3.05, 3.63) is 40.6 Å². The average molecular weight is 234 g/mol. The average Bonchev–Trinajstić information content (AvgIpc) is 2.72. The van der Waals surface area contributed by atoms with Crippen LogP contribution in [0, 0.1) is 10.1 Å². The van der Waals surface area contributed by atoms with Gasteiger partial charge < -0.3 is 9.88 Å². The van der Waals surface area contributed by atoms with Gasteiger partial charge in [0.15, 0.2) is 5.82 Å². The summed E-state index contributed by atoms with van der Waals surface area (Å²) in [5.41, 5.74) is 0.000431. The molecule has 1 N–H and O–H groups in total. The van der Waals surface area contributed by atoms with Crippen molar-refractivity contribution in [1.29, 1.82) is 0 Å². The molecule has 0 bridgehead atoms. The van der Waals surface area contributed by atoms with Crippen molar-refractivity contribution in [2.24, 2.45) is 7.05 Å². The van der Waals surface area contributed by atoms with Crippen LogP contribution in [0.15, 0.2) is 24.7 Å². The van der Waals surface area contributed by atoms with Crippen LogP contribution in [0.5, 0.6) is 0 Å². The van der Waals surface area contributed by atoms with Gasteiger partial charge in [0.2, 0.25) is 0 Å². The van der Waals surface area contributed by atoms with Gasteiger partial charge >= 0.3 is 0 Å². The standard InChI is InChI=1S/C9H10N6O2/c1-14-6-12-13-9(14)5-11-8-4-7(15(16)17)2-3-10-8/h2-4,6H,5H2,1H3,(H,10,11). The summed E-state index contributed by atoms with van der Waals surface area (Å²) in [6.07, 6.45) is 2.97. The predicted octanol–water partition coefficient (Wildman–Crippen LogP) is 0.730. The Bertz CT molecular complexity index is 538. The molecule has 2 aromatic rings. The van der Waals surface area contributed by atoms with E-state index < -0.39 is 4.92 Å². The lowest BCUT2D eigenvalue weighted by atomic mass is 10.4. The van der Waals surface area contributed by atoms with Crippen LogP contribution < -0.4 is 5.32 Å². The number of aryl methyl sites for hydroxylation is 1. The zero-order valence-electron chi connectivity index (χ0n) is 9.07. The van der Waals surface area contributed by atoms with Crippen LogP contribution in [0.25, 0.3) is 0 Å². The van der Waals surface area contributed by atoms with E-state index in [1.807, 2.05) is 7.05 Å². The van der Waals surface area contributed by atoms with Gasteiger partial charge in [0.1, 0.15) is 12.1 Å². The number of rotatable bonds is 4. The van der Waals surface area contributed by atoms with Gasteiger partial charge in [0, 0.05) is 19.3 Å². The molecule has 17 heavy (non-hydrogen) atoms. The number of hydrogen-bond acceptors (Lipinski definition) is 6. The van der Waals surface area contributed by atoms with Crippen LogP contribution in [0.2, 0.25) is 0 Å². The van der Waals surface area contributed by atoms with E-state index in [-0.39, 0.29) is 5.69 Å². The molecule has 0 aliphatic heterocycles. The second-order valence-electron chi connectivity index (χ2n) is 3.37. The molecule has 0 unspecified atom stereocenters. The van der Waals surface area contributed by atoms with E-state index in [2.05, 4.69) is 20.5 Å².